The molecule has 0 aliphatic rings. The molecule has 0 saturated carbocycles. The van der Waals surface area contributed by atoms with Gasteiger partial charge in [-0.05, 0) is 48.4 Å². The minimum Gasteiger partial charge on any atom is -0.422 e. The van der Waals surface area contributed by atoms with E-state index in [1.54, 1.807) is 48.8 Å². The van der Waals surface area contributed by atoms with Crippen molar-refractivity contribution in [2.75, 3.05) is 6.26 Å². The van der Waals surface area contributed by atoms with Crippen molar-refractivity contribution in [1.82, 2.24) is 4.98 Å². The SMILES string of the molecule is CCc1cc(S(C)(=O)=O)ccc1-c1ccc(-c2cccnc2)c(=O)o1. The maximum Gasteiger partial charge on any atom is 0.344 e. The maximum atomic E-state index is 12.3. The Morgan fingerprint density at radius 2 is 1.84 bits per heavy atom. The second-order valence-corrected chi connectivity index (χ2v) is 7.70. The van der Waals surface area contributed by atoms with E-state index in [-0.39, 0.29) is 4.90 Å². The second kappa shape index (κ2) is 6.64. The van der Waals surface area contributed by atoms with Crippen LogP contribution in [0.3, 0.4) is 0 Å². The van der Waals surface area contributed by atoms with Gasteiger partial charge in [-0.1, -0.05) is 13.0 Å². The highest BCUT2D eigenvalue weighted by Crippen LogP contribution is 2.27. The molecule has 0 fully saturated rings. The van der Waals surface area contributed by atoms with Crippen LogP contribution < -0.4 is 5.63 Å². The fraction of sp³-hybridized carbons (Fsp3) is 0.158. The van der Waals surface area contributed by atoms with Crippen LogP contribution in [0.5, 0.6) is 0 Å². The zero-order chi connectivity index (χ0) is 18.0. The van der Waals surface area contributed by atoms with Gasteiger partial charge in [0.2, 0.25) is 0 Å². The number of pyridine rings is 1. The zero-order valence-corrected chi connectivity index (χ0v) is 14.7. The zero-order valence-electron chi connectivity index (χ0n) is 13.9. The van der Waals surface area contributed by atoms with E-state index in [0.717, 1.165) is 5.56 Å². The first kappa shape index (κ1) is 17.1. The van der Waals surface area contributed by atoms with Crippen LogP contribution in [-0.4, -0.2) is 19.7 Å². The Balaban J connectivity index is 2.09. The standard InChI is InChI=1S/C19H17NO4S/c1-3-13-11-15(25(2,22)23)6-7-16(13)18-9-8-17(19(21)24-18)14-5-4-10-20-12-14/h4-12H,3H2,1-2H3. The highest BCUT2D eigenvalue weighted by atomic mass is 32.2. The molecule has 0 amide bonds. The number of nitrogens with zero attached hydrogens (tertiary/aromatic N) is 1. The first-order valence-corrected chi connectivity index (χ1v) is 9.67. The van der Waals surface area contributed by atoms with Crippen molar-refractivity contribution in [3.05, 3.63) is 70.8 Å². The fourth-order valence-electron chi connectivity index (χ4n) is 2.63. The number of hydrogen-bond donors (Lipinski definition) is 0. The molecule has 25 heavy (non-hydrogen) atoms. The number of benzene rings is 1. The molecule has 0 aliphatic heterocycles. The molecule has 6 heteroatoms. The third-order valence-corrected chi connectivity index (χ3v) is 5.06. The normalized spacial score (nSPS) is 11.4. The van der Waals surface area contributed by atoms with E-state index in [4.69, 9.17) is 4.42 Å². The number of aromatic nitrogens is 1. The summed E-state index contributed by atoms with van der Waals surface area (Å²) in [5, 5.41) is 0. The molecule has 0 saturated heterocycles. The van der Waals surface area contributed by atoms with E-state index in [9.17, 15) is 13.2 Å². The van der Waals surface area contributed by atoms with Crippen LogP contribution in [0.15, 0.2) is 69.0 Å². The van der Waals surface area contributed by atoms with Crippen molar-refractivity contribution >= 4 is 9.84 Å². The summed E-state index contributed by atoms with van der Waals surface area (Å²) in [6.07, 6.45) is 5.03. The molecule has 0 unspecified atom stereocenters. The lowest BCUT2D eigenvalue weighted by Crippen LogP contribution is -2.04. The van der Waals surface area contributed by atoms with Crippen molar-refractivity contribution < 1.29 is 12.8 Å². The predicted molar refractivity (Wildman–Crippen MR) is 96.1 cm³/mol. The van der Waals surface area contributed by atoms with E-state index in [1.807, 2.05) is 6.92 Å². The van der Waals surface area contributed by atoms with Gasteiger partial charge in [-0.3, -0.25) is 4.98 Å². The van der Waals surface area contributed by atoms with Crippen molar-refractivity contribution in [1.29, 1.82) is 0 Å². The first-order chi connectivity index (χ1) is 11.9. The maximum absolute atomic E-state index is 12.3. The molecule has 2 aromatic heterocycles. The number of aryl methyl sites for hydroxylation is 1. The molecule has 0 N–H and O–H groups in total. The Morgan fingerprint density at radius 1 is 1.08 bits per heavy atom. The van der Waals surface area contributed by atoms with Crippen LogP contribution in [0.4, 0.5) is 0 Å². The quantitative estimate of drug-likeness (QED) is 0.717. The molecule has 0 radical (unpaired) electrons. The highest BCUT2D eigenvalue weighted by molar-refractivity contribution is 7.90. The Bertz CT molecular complexity index is 1070. The van der Waals surface area contributed by atoms with Gasteiger partial charge >= 0.3 is 5.63 Å². The van der Waals surface area contributed by atoms with Gasteiger partial charge in [0.1, 0.15) is 5.76 Å². The average Bonchev–Trinajstić information content (AvgIpc) is 2.61. The van der Waals surface area contributed by atoms with Crippen LogP contribution in [0, 0.1) is 0 Å². The van der Waals surface area contributed by atoms with E-state index in [2.05, 4.69) is 4.98 Å². The largest absolute Gasteiger partial charge is 0.422 e. The third kappa shape index (κ3) is 3.53. The lowest BCUT2D eigenvalue weighted by molar-refractivity contribution is 0.527. The molecule has 0 atom stereocenters. The second-order valence-electron chi connectivity index (χ2n) is 5.69. The monoisotopic (exact) mass is 355 g/mol. The van der Waals surface area contributed by atoms with Gasteiger partial charge in [-0.15, -0.1) is 0 Å². The number of hydrogen-bond acceptors (Lipinski definition) is 5. The lowest BCUT2D eigenvalue weighted by atomic mass is 10.0. The molecule has 1 aromatic carbocycles. The molecule has 5 nitrogen and oxygen atoms in total. The molecule has 0 bridgehead atoms. The highest BCUT2D eigenvalue weighted by Gasteiger charge is 2.14. The molecule has 3 aromatic rings. The first-order valence-electron chi connectivity index (χ1n) is 7.78. The number of sulfone groups is 1. The molecule has 128 valence electrons. The minimum absolute atomic E-state index is 0.252. The summed E-state index contributed by atoms with van der Waals surface area (Å²) in [4.78, 5) is 16.6. The Labute approximate surface area is 145 Å². The summed E-state index contributed by atoms with van der Waals surface area (Å²) in [7, 11) is -3.28. The summed E-state index contributed by atoms with van der Waals surface area (Å²) in [6, 6.07) is 11.8. The summed E-state index contributed by atoms with van der Waals surface area (Å²) in [5.41, 5.74) is 2.18. The molecule has 2 heterocycles. The minimum atomic E-state index is -3.28. The van der Waals surface area contributed by atoms with E-state index < -0.39 is 15.5 Å². The third-order valence-electron chi connectivity index (χ3n) is 3.95. The lowest BCUT2D eigenvalue weighted by Gasteiger charge is -2.09. The van der Waals surface area contributed by atoms with Gasteiger partial charge < -0.3 is 4.42 Å². The Kier molecular flexibility index (Phi) is 4.55. The van der Waals surface area contributed by atoms with Crippen molar-refractivity contribution in [2.24, 2.45) is 0 Å². The summed E-state index contributed by atoms with van der Waals surface area (Å²) in [6.45, 7) is 1.92. The summed E-state index contributed by atoms with van der Waals surface area (Å²) >= 11 is 0. The van der Waals surface area contributed by atoms with Crippen molar-refractivity contribution in [2.45, 2.75) is 18.2 Å². The van der Waals surface area contributed by atoms with Crippen LogP contribution in [0.25, 0.3) is 22.5 Å². The summed E-state index contributed by atoms with van der Waals surface area (Å²) in [5.74, 6) is 0.412. The van der Waals surface area contributed by atoms with Crippen LogP contribution in [0.2, 0.25) is 0 Å². The molecule has 0 spiro atoms. The van der Waals surface area contributed by atoms with Gasteiger partial charge in [0, 0.05) is 29.8 Å². The van der Waals surface area contributed by atoms with Gasteiger partial charge in [0.05, 0.1) is 10.5 Å². The summed E-state index contributed by atoms with van der Waals surface area (Å²) < 4.78 is 28.9. The fourth-order valence-corrected chi connectivity index (χ4v) is 3.30. The molecule has 0 aliphatic carbocycles. The predicted octanol–water partition coefficient (Wildman–Crippen LogP) is 3.33. The van der Waals surface area contributed by atoms with Gasteiger partial charge in [-0.25, -0.2) is 13.2 Å². The van der Waals surface area contributed by atoms with Gasteiger partial charge in [-0.2, -0.15) is 0 Å². The average molecular weight is 355 g/mol. The van der Waals surface area contributed by atoms with Crippen molar-refractivity contribution in [3.63, 3.8) is 0 Å². The topological polar surface area (TPSA) is 77.2 Å². The Morgan fingerprint density at radius 3 is 2.44 bits per heavy atom. The van der Waals surface area contributed by atoms with E-state index in [1.165, 1.54) is 12.3 Å². The molecule has 3 rings (SSSR count). The molecular weight excluding hydrogens is 338 g/mol. The van der Waals surface area contributed by atoms with Crippen LogP contribution in [-0.2, 0) is 16.3 Å². The van der Waals surface area contributed by atoms with Crippen LogP contribution in [0.1, 0.15) is 12.5 Å². The Hall–Kier alpha value is -2.73. The van der Waals surface area contributed by atoms with E-state index >= 15 is 0 Å². The smallest absolute Gasteiger partial charge is 0.344 e. The van der Waals surface area contributed by atoms with Gasteiger partial charge in [0.25, 0.3) is 0 Å². The van der Waals surface area contributed by atoms with E-state index in [0.29, 0.717) is 28.9 Å². The van der Waals surface area contributed by atoms with Gasteiger partial charge in [0.15, 0.2) is 9.84 Å². The van der Waals surface area contributed by atoms with Crippen LogP contribution >= 0.6 is 0 Å². The van der Waals surface area contributed by atoms with Crippen molar-refractivity contribution in [3.8, 4) is 22.5 Å². The number of rotatable bonds is 4. The molecular formula is C19H17NO4S.